The van der Waals surface area contributed by atoms with E-state index in [1.54, 1.807) is 30.6 Å². The lowest BCUT2D eigenvalue weighted by Gasteiger charge is -2.21. The minimum Gasteiger partial charge on any atom is -0.377 e. The van der Waals surface area contributed by atoms with Crippen molar-refractivity contribution in [1.29, 1.82) is 5.26 Å². The summed E-state index contributed by atoms with van der Waals surface area (Å²) in [5.74, 6) is 0.618. The molecule has 2 unspecified atom stereocenters. The van der Waals surface area contributed by atoms with Crippen LogP contribution >= 0.6 is 0 Å². The average molecular weight is 360 g/mol. The van der Waals surface area contributed by atoms with Crippen LogP contribution in [0.5, 0.6) is 0 Å². The maximum atomic E-state index is 12.4. The lowest BCUT2D eigenvalue weighted by Crippen LogP contribution is -2.37. The van der Waals surface area contributed by atoms with Gasteiger partial charge in [0.15, 0.2) is 0 Å². The third kappa shape index (κ3) is 3.54. The molecule has 3 aromatic rings. The predicted octanol–water partition coefficient (Wildman–Crippen LogP) is 1.62. The fourth-order valence-corrected chi connectivity index (χ4v) is 3.00. The first-order chi connectivity index (χ1) is 13.2. The number of aromatic nitrogens is 4. The van der Waals surface area contributed by atoms with Crippen molar-refractivity contribution in [1.82, 2.24) is 19.7 Å². The van der Waals surface area contributed by atoms with Crippen molar-refractivity contribution in [2.45, 2.75) is 12.1 Å². The van der Waals surface area contributed by atoms with Crippen LogP contribution < -0.4 is 10.9 Å². The molecular formula is C19H16N6O2. The molecule has 2 atom stereocenters. The number of nitrogens with zero attached hydrogens (tertiary/aromatic N) is 5. The van der Waals surface area contributed by atoms with Crippen LogP contribution in [-0.2, 0) is 4.74 Å². The Morgan fingerprint density at radius 3 is 2.74 bits per heavy atom. The number of hydrogen-bond acceptors (Lipinski definition) is 7. The summed E-state index contributed by atoms with van der Waals surface area (Å²) in [6.07, 6.45) is 4.87. The fraction of sp³-hybridized carbons (Fsp3) is 0.211. The van der Waals surface area contributed by atoms with Gasteiger partial charge in [0.1, 0.15) is 17.9 Å². The number of anilines is 1. The fourth-order valence-electron chi connectivity index (χ4n) is 3.00. The van der Waals surface area contributed by atoms with Gasteiger partial charge in [0.05, 0.1) is 30.5 Å². The molecule has 1 fully saturated rings. The number of nitriles is 1. The predicted molar refractivity (Wildman–Crippen MR) is 97.9 cm³/mol. The van der Waals surface area contributed by atoms with E-state index >= 15 is 0 Å². The summed E-state index contributed by atoms with van der Waals surface area (Å²) in [4.78, 5) is 20.7. The first kappa shape index (κ1) is 16.9. The van der Waals surface area contributed by atoms with Crippen LogP contribution in [0.1, 0.15) is 11.6 Å². The zero-order valence-corrected chi connectivity index (χ0v) is 14.3. The molecule has 3 aromatic heterocycles. The Labute approximate surface area is 155 Å². The Morgan fingerprint density at radius 1 is 1.15 bits per heavy atom. The summed E-state index contributed by atoms with van der Waals surface area (Å²) in [7, 11) is 0. The normalized spacial score (nSPS) is 18.8. The second-order valence-electron chi connectivity index (χ2n) is 6.14. The monoisotopic (exact) mass is 360 g/mol. The molecule has 134 valence electrons. The van der Waals surface area contributed by atoms with Crippen LogP contribution in [0.15, 0.2) is 59.8 Å². The van der Waals surface area contributed by atoms with Gasteiger partial charge < -0.3 is 10.1 Å². The molecule has 0 aliphatic carbocycles. The standard InChI is InChI=1S/C19H16N6O2/c20-9-13-1-3-18(22-10-13)23-16-11-27-12-17(16)25-19(26)4-2-15(24-25)14-5-7-21-8-6-14/h1-8,10,16-17H,11-12H2,(H,22,23). The number of rotatable bonds is 4. The van der Waals surface area contributed by atoms with Crippen molar-refractivity contribution in [2.24, 2.45) is 0 Å². The SMILES string of the molecule is N#Cc1ccc(NC2COCC2n2nc(-c3ccncc3)ccc2=O)nc1. The second kappa shape index (κ2) is 7.35. The van der Waals surface area contributed by atoms with Gasteiger partial charge in [-0.05, 0) is 30.3 Å². The van der Waals surface area contributed by atoms with E-state index in [-0.39, 0.29) is 17.6 Å². The minimum atomic E-state index is -0.267. The summed E-state index contributed by atoms with van der Waals surface area (Å²) >= 11 is 0. The van der Waals surface area contributed by atoms with Gasteiger partial charge in [-0.15, -0.1) is 0 Å². The van der Waals surface area contributed by atoms with Crippen molar-refractivity contribution in [3.8, 4) is 17.3 Å². The molecule has 8 nitrogen and oxygen atoms in total. The number of ether oxygens (including phenoxy) is 1. The third-order valence-corrected chi connectivity index (χ3v) is 4.39. The quantitative estimate of drug-likeness (QED) is 0.753. The van der Waals surface area contributed by atoms with E-state index < -0.39 is 0 Å². The molecule has 8 heteroatoms. The minimum absolute atomic E-state index is 0.164. The van der Waals surface area contributed by atoms with E-state index in [9.17, 15) is 4.79 Å². The van der Waals surface area contributed by atoms with E-state index in [1.807, 2.05) is 18.2 Å². The summed E-state index contributed by atoms with van der Waals surface area (Å²) in [6.45, 7) is 0.806. The lowest BCUT2D eigenvalue weighted by molar-refractivity contribution is 0.183. The Bertz CT molecular complexity index is 1030. The van der Waals surface area contributed by atoms with E-state index in [1.165, 1.54) is 16.9 Å². The smallest absolute Gasteiger partial charge is 0.267 e. The molecule has 0 radical (unpaired) electrons. The van der Waals surface area contributed by atoms with Gasteiger partial charge in [-0.2, -0.15) is 10.4 Å². The number of pyridine rings is 2. The van der Waals surface area contributed by atoms with Crippen LogP contribution in [0.25, 0.3) is 11.3 Å². The van der Waals surface area contributed by atoms with Crippen molar-refractivity contribution in [2.75, 3.05) is 18.5 Å². The summed E-state index contributed by atoms with van der Waals surface area (Å²) in [5, 5.41) is 16.7. The molecule has 4 rings (SSSR count). The molecule has 1 aliphatic rings. The van der Waals surface area contributed by atoms with Gasteiger partial charge >= 0.3 is 0 Å². The highest BCUT2D eigenvalue weighted by Crippen LogP contribution is 2.22. The Morgan fingerprint density at radius 2 is 2.00 bits per heavy atom. The molecule has 27 heavy (non-hydrogen) atoms. The van der Waals surface area contributed by atoms with E-state index in [2.05, 4.69) is 20.4 Å². The summed E-state index contributed by atoms with van der Waals surface area (Å²) < 4.78 is 7.05. The van der Waals surface area contributed by atoms with Crippen molar-refractivity contribution >= 4 is 5.82 Å². The summed E-state index contributed by atoms with van der Waals surface area (Å²) in [5.41, 5.74) is 1.88. The first-order valence-electron chi connectivity index (χ1n) is 8.45. The lowest BCUT2D eigenvalue weighted by atomic mass is 10.1. The highest BCUT2D eigenvalue weighted by molar-refractivity contribution is 5.57. The maximum absolute atomic E-state index is 12.4. The van der Waals surface area contributed by atoms with Crippen LogP contribution in [0.4, 0.5) is 5.82 Å². The van der Waals surface area contributed by atoms with Gasteiger partial charge in [-0.1, -0.05) is 0 Å². The molecule has 0 saturated carbocycles. The van der Waals surface area contributed by atoms with Crippen LogP contribution in [-0.4, -0.2) is 39.0 Å². The Kier molecular flexibility index (Phi) is 4.60. The topological polar surface area (TPSA) is 106 Å². The van der Waals surface area contributed by atoms with Crippen LogP contribution in [0.2, 0.25) is 0 Å². The molecule has 0 amide bonds. The maximum Gasteiger partial charge on any atom is 0.267 e. The average Bonchev–Trinajstić information content (AvgIpc) is 3.17. The van der Waals surface area contributed by atoms with Gasteiger partial charge in [-0.25, -0.2) is 9.67 Å². The Balaban J connectivity index is 1.61. The molecule has 1 N–H and O–H groups in total. The molecule has 0 bridgehead atoms. The molecule has 0 aromatic carbocycles. The van der Waals surface area contributed by atoms with Crippen molar-refractivity contribution in [3.05, 3.63) is 70.9 Å². The van der Waals surface area contributed by atoms with Crippen molar-refractivity contribution in [3.63, 3.8) is 0 Å². The van der Waals surface area contributed by atoms with Crippen LogP contribution in [0.3, 0.4) is 0 Å². The Hall–Kier alpha value is -3.57. The molecule has 0 spiro atoms. The highest BCUT2D eigenvalue weighted by Gasteiger charge is 2.31. The van der Waals surface area contributed by atoms with E-state index in [4.69, 9.17) is 10.00 Å². The molecular weight excluding hydrogens is 344 g/mol. The van der Waals surface area contributed by atoms with E-state index in [0.717, 1.165) is 5.56 Å². The number of hydrogen-bond donors (Lipinski definition) is 1. The molecule has 1 saturated heterocycles. The second-order valence-corrected chi connectivity index (χ2v) is 6.14. The van der Waals surface area contributed by atoms with E-state index in [0.29, 0.717) is 30.3 Å². The van der Waals surface area contributed by atoms with Crippen molar-refractivity contribution < 1.29 is 4.74 Å². The molecule has 4 heterocycles. The van der Waals surface area contributed by atoms with Gasteiger partial charge in [0.25, 0.3) is 5.56 Å². The first-order valence-corrected chi connectivity index (χ1v) is 8.45. The van der Waals surface area contributed by atoms with Gasteiger partial charge in [-0.3, -0.25) is 9.78 Å². The molecule has 1 aliphatic heterocycles. The number of nitrogens with one attached hydrogen (secondary N) is 1. The zero-order chi connectivity index (χ0) is 18.6. The van der Waals surface area contributed by atoms with Crippen LogP contribution in [0, 0.1) is 11.3 Å². The van der Waals surface area contributed by atoms with Gasteiger partial charge in [0, 0.05) is 30.2 Å². The largest absolute Gasteiger partial charge is 0.377 e. The summed E-state index contributed by atoms with van der Waals surface area (Å²) in [6, 6.07) is 11.9. The van der Waals surface area contributed by atoms with Gasteiger partial charge in [0.2, 0.25) is 0 Å². The highest BCUT2D eigenvalue weighted by atomic mass is 16.5. The zero-order valence-electron chi connectivity index (χ0n) is 14.3. The third-order valence-electron chi connectivity index (χ3n) is 4.39.